The van der Waals surface area contributed by atoms with Gasteiger partial charge in [0.1, 0.15) is 11.6 Å². The number of benzene rings is 2. The Balaban J connectivity index is 1.29. The molecular formula is C21H18FN7O. The van der Waals surface area contributed by atoms with Crippen LogP contribution in [0.1, 0.15) is 5.82 Å². The van der Waals surface area contributed by atoms with Crippen LogP contribution in [0.15, 0.2) is 67.0 Å². The van der Waals surface area contributed by atoms with Crippen LogP contribution in [0.4, 0.5) is 15.1 Å². The number of aromatic amines is 1. The lowest BCUT2D eigenvalue weighted by Crippen LogP contribution is -2.31. The lowest BCUT2D eigenvalue weighted by Gasteiger charge is -2.06. The fourth-order valence-corrected chi connectivity index (χ4v) is 2.81. The first-order chi connectivity index (χ1) is 14.7. The molecule has 150 valence electrons. The summed E-state index contributed by atoms with van der Waals surface area (Å²) in [7, 11) is 0. The summed E-state index contributed by atoms with van der Waals surface area (Å²) in [4.78, 5) is 23.9. The molecule has 0 bridgehead atoms. The molecule has 8 nitrogen and oxygen atoms in total. The Kier molecular flexibility index (Phi) is 5.70. The van der Waals surface area contributed by atoms with Crippen molar-refractivity contribution in [3.63, 3.8) is 0 Å². The van der Waals surface area contributed by atoms with Gasteiger partial charge in [0.15, 0.2) is 0 Å². The third kappa shape index (κ3) is 4.82. The summed E-state index contributed by atoms with van der Waals surface area (Å²) in [6.45, 7) is 0.355. The molecule has 3 N–H and O–H groups in total. The Morgan fingerprint density at radius 2 is 1.80 bits per heavy atom. The molecule has 0 aliphatic carbocycles. The number of imidazole rings is 1. The highest BCUT2D eigenvalue weighted by molar-refractivity contribution is 5.87. The zero-order valence-electron chi connectivity index (χ0n) is 15.8. The molecule has 30 heavy (non-hydrogen) atoms. The van der Waals surface area contributed by atoms with Gasteiger partial charge >= 0.3 is 6.03 Å². The summed E-state index contributed by atoms with van der Waals surface area (Å²) in [5.41, 5.74) is 3.12. The number of anilines is 1. The molecular weight excluding hydrogens is 385 g/mol. The molecule has 2 aromatic heterocycles. The molecule has 0 saturated heterocycles. The number of nitrogens with zero attached hydrogens (tertiary/aromatic N) is 4. The van der Waals surface area contributed by atoms with Crippen molar-refractivity contribution in [3.8, 4) is 22.5 Å². The first kappa shape index (κ1) is 19.2. The van der Waals surface area contributed by atoms with Crippen LogP contribution >= 0.6 is 0 Å². The molecule has 0 spiro atoms. The van der Waals surface area contributed by atoms with Gasteiger partial charge in [-0.1, -0.05) is 30.3 Å². The minimum atomic E-state index is -0.438. The van der Waals surface area contributed by atoms with Crippen LogP contribution in [0.2, 0.25) is 0 Å². The lowest BCUT2D eigenvalue weighted by atomic mass is 10.2. The van der Waals surface area contributed by atoms with E-state index in [1.54, 1.807) is 18.3 Å². The summed E-state index contributed by atoms with van der Waals surface area (Å²) in [6, 6.07) is 15.2. The Morgan fingerprint density at radius 1 is 1.00 bits per heavy atom. The van der Waals surface area contributed by atoms with Crippen molar-refractivity contribution in [3.05, 3.63) is 78.6 Å². The van der Waals surface area contributed by atoms with Crippen molar-refractivity contribution in [1.82, 2.24) is 30.5 Å². The lowest BCUT2D eigenvalue weighted by molar-refractivity contribution is 0.252. The van der Waals surface area contributed by atoms with Crippen LogP contribution in [0.3, 0.4) is 0 Å². The molecule has 0 unspecified atom stereocenters. The fourth-order valence-electron chi connectivity index (χ4n) is 2.81. The van der Waals surface area contributed by atoms with Crippen LogP contribution in [-0.2, 0) is 6.42 Å². The van der Waals surface area contributed by atoms with Crippen LogP contribution < -0.4 is 10.6 Å². The number of carbonyl (C=O) groups is 1. The third-order valence-electron chi connectivity index (χ3n) is 4.28. The van der Waals surface area contributed by atoms with Crippen molar-refractivity contribution in [2.45, 2.75) is 6.42 Å². The van der Waals surface area contributed by atoms with E-state index in [0.29, 0.717) is 24.5 Å². The van der Waals surface area contributed by atoms with Gasteiger partial charge in [-0.25, -0.2) is 19.2 Å². The number of hydrogen-bond acceptors (Lipinski definition) is 5. The van der Waals surface area contributed by atoms with Crippen molar-refractivity contribution >= 4 is 12.0 Å². The average Bonchev–Trinajstić information content (AvgIpc) is 3.24. The highest BCUT2D eigenvalue weighted by Crippen LogP contribution is 2.17. The summed E-state index contributed by atoms with van der Waals surface area (Å²) in [5.74, 6) is 0.534. The molecule has 0 aliphatic rings. The normalized spacial score (nSPS) is 10.6. The molecule has 2 aromatic carbocycles. The van der Waals surface area contributed by atoms with Crippen molar-refractivity contribution in [2.24, 2.45) is 0 Å². The van der Waals surface area contributed by atoms with Gasteiger partial charge in [0.05, 0.1) is 23.8 Å². The van der Waals surface area contributed by atoms with Crippen LogP contribution in [0.5, 0.6) is 0 Å². The zero-order valence-corrected chi connectivity index (χ0v) is 15.8. The predicted molar refractivity (Wildman–Crippen MR) is 110 cm³/mol. The third-order valence-corrected chi connectivity index (χ3v) is 4.28. The van der Waals surface area contributed by atoms with Crippen molar-refractivity contribution < 1.29 is 9.18 Å². The number of carbonyl (C=O) groups excluding carboxylic acids is 1. The van der Waals surface area contributed by atoms with E-state index in [1.165, 1.54) is 18.3 Å². The SMILES string of the molecule is O=C(NCCc1ncc(-c2ccc(F)cc2)[nH]1)Nc1nncc(-c2ccccc2)n1. The minimum absolute atomic E-state index is 0.116. The van der Waals surface area contributed by atoms with E-state index in [0.717, 1.165) is 16.8 Å². The average molecular weight is 403 g/mol. The topological polar surface area (TPSA) is 108 Å². The Labute approximate surface area is 171 Å². The Bertz CT molecular complexity index is 1130. The van der Waals surface area contributed by atoms with E-state index in [4.69, 9.17) is 0 Å². The molecule has 2 heterocycles. The molecule has 2 amide bonds. The number of nitrogens with one attached hydrogen (secondary N) is 3. The van der Waals surface area contributed by atoms with E-state index >= 15 is 0 Å². The van der Waals surface area contributed by atoms with Crippen molar-refractivity contribution in [2.75, 3.05) is 11.9 Å². The molecule has 0 radical (unpaired) electrons. The monoisotopic (exact) mass is 403 g/mol. The van der Waals surface area contributed by atoms with Gasteiger partial charge < -0.3 is 10.3 Å². The standard InChI is InChI=1S/C21H18FN7O/c22-16-8-6-15(7-9-16)17-12-24-19(26-17)10-11-23-21(30)28-20-27-18(13-25-29-20)14-4-2-1-3-5-14/h1-9,12-13H,10-11H2,(H,24,26)(H2,23,27,28,29,30). The van der Waals surface area contributed by atoms with Gasteiger partial charge in [-0.15, -0.1) is 5.10 Å². The number of aromatic nitrogens is 5. The number of halogens is 1. The maximum absolute atomic E-state index is 13.0. The number of H-pyrrole nitrogens is 1. The second-order valence-corrected chi connectivity index (χ2v) is 6.41. The molecule has 0 aliphatic heterocycles. The smallest absolute Gasteiger partial charge is 0.321 e. The van der Waals surface area contributed by atoms with Gasteiger partial charge in [-0.3, -0.25) is 5.32 Å². The van der Waals surface area contributed by atoms with Gasteiger partial charge in [0.25, 0.3) is 5.95 Å². The van der Waals surface area contributed by atoms with Gasteiger partial charge in [-0.2, -0.15) is 5.10 Å². The number of rotatable bonds is 6. The largest absolute Gasteiger partial charge is 0.342 e. The van der Waals surface area contributed by atoms with Crippen LogP contribution in [0, 0.1) is 5.82 Å². The van der Waals surface area contributed by atoms with E-state index in [-0.39, 0.29) is 11.8 Å². The van der Waals surface area contributed by atoms with Crippen LogP contribution in [-0.4, -0.2) is 37.7 Å². The van der Waals surface area contributed by atoms with Crippen LogP contribution in [0.25, 0.3) is 22.5 Å². The quantitative estimate of drug-likeness (QED) is 0.457. The maximum atomic E-state index is 13.0. The minimum Gasteiger partial charge on any atom is -0.342 e. The highest BCUT2D eigenvalue weighted by Gasteiger charge is 2.08. The zero-order chi connectivity index (χ0) is 20.8. The van der Waals surface area contributed by atoms with Gasteiger partial charge in [0.2, 0.25) is 0 Å². The summed E-state index contributed by atoms with van der Waals surface area (Å²) >= 11 is 0. The molecule has 4 rings (SSSR count). The van der Waals surface area contributed by atoms with Gasteiger partial charge in [0, 0.05) is 18.5 Å². The molecule has 4 aromatic rings. The first-order valence-electron chi connectivity index (χ1n) is 9.27. The molecule has 0 fully saturated rings. The second-order valence-electron chi connectivity index (χ2n) is 6.41. The van der Waals surface area contributed by atoms with Gasteiger partial charge in [-0.05, 0) is 29.8 Å². The molecule has 0 atom stereocenters. The first-order valence-corrected chi connectivity index (χ1v) is 9.27. The second kappa shape index (κ2) is 8.91. The maximum Gasteiger partial charge on any atom is 0.321 e. The van der Waals surface area contributed by atoms with E-state index < -0.39 is 6.03 Å². The predicted octanol–water partition coefficient (Wildman–Crippen LogP) is 3.43. The van der Waals surface area contributed by atoms with Crippen molar-refractivity contribution in [1.29, 1.82) is 0 Å². The summed E-state index contributed by atoms with van der Waals surface area (Å²) < 4.78 is 13.0. The van der Waals surface area contributed by atoms with E-state index in [1.807, 2.05) is 30.3 Å². The Hall–Kier alpha value is -4.14. The molecule has 0 saturated carbocycles. The van der Waals surface area contributed by atoms with E-state index in [9.17, 15) is 9.18 Å². The summed E-state index contributed by atoms with van der Waals surface area (Å²) in [6.07, 6.45) is 3.71. The number of hydrogen-bond donors (Lipinski definition) is 3. The van der Waals surface area contributed by atoms with E-state index in [2.05, 4.69) is 35.8 Å². The fraction of sp³-hybridized carbons (Fsp3) is 0.0952. The summed E-state index contributed by atoms with van der Waals surface area (Å²) in [5, 5.41) is 13.0. The highest BCUT2D eigenvalue weighted by atomic mass is 19.1. The molecule has 9 heteroatoms. The number of urea groups is 1. The Morgan fingerprint density at radius 3 is 2.60 bits per heavy atom. The number of amides is 2.